The van der Waals surface area contributed by atoms with E-state index in [9.17, 15) is 4.79 Å². The zero-order chi connectivity index (χ0) is 13.1. The van der Waals surface area contributed by atoms with E-state index in [4.69, 9.17) is 5.11 Å². The van der Waals surface area contributed by atoms with Gasteiger partial charge in [-0.25, -0.2) is 0 Å². The van der Waals surface area contributed by atoms with Crippen LogP contribution in [0.2, 0.25) is 0 Å². The molecule has 5 heteroatoms. The number of carbonyl (C=O) groups excluding carboxylic acids is 1. The van der Waals surface area contributed by atoms with Gasteiger partial charge in [0.05, 0.1) is 13.2 Å². The summed E-state index contributed by atoms with van der Waals surface area (Å²) in [5, 5.41) is 9.07. The highest BCUT2D eigenvalue weighted by molar-refractivity contribution is 5.79. The lowest BCUT2D eigenvalue weighted by atomic mass is 9.85. The largest absolute Gasteiger partial charge is 0.376 e. The number of carbonyl (C=O) groups is 1. The molecule has 2 aliphatic rings. The molecule has 5 nitrogen and oxygen atoms in total. The van der Waals surface area contributed by atoms with Crippen LogP contribution in [0.5, 0.6) is 0 Å². The predicted molar refractivity (Wildman–Crippen MR) is 69.8 cm³/mol. The van der Waals surface area contributed by atoms with Crippen LogP contribution in [-0.4, -0.2) is 72.3 Å². The third-order valence-electron chi connectivity index (χ3n) is 4.17. The molecule has 0 unspecified atom stereocenters. The Kier molecular flexibility index (Phi) is 4.59. The van der Waals surface area contributed by atoms with Crippen molar-refractivity contribution in [2.75, 3.05) is 40.6 Å². The zero-order valence-electron chi connectivity index (χ0n) is 11.5. The van der Waals surface area contributed by atoms with Crippen LogP contribution < -0.4 is 0 Å². The van der Waals surface area contributed by atoms with Gasteiger partial charge in [0.25, 0.3) is 0 Å². The van der Waals surface area contributed by atoms with Crippen LogP contribution >= 0.6 is 0 Å². The highest BCUT2D eigenvalue weighted by Gasteiger charge is 2.33. The van der Waals surface area contributed by atoms with E-state index in [0.717, 1.165) is 5.92 Å². The maximum Gasteiger partial charge on any atom is 0.239 e. The SMILES string of the molecule is CN(C)CC1CCC(N2CC(=O)N(CO)C2)CC1. The van der Waals surface area contributed by atoms with Crippen molar-refractivity contribution >= 4 is 5.91 Å². The van der Waals surface area contributed by atoms with Crippen LogP contribution in [0, 0.1) is 5.92 Å². The molecule has 1 heterocycles. The number of hydrogen-bond acceptors (Lipinski definition) is 4. The summed E-state index contributed by atoms with van der Waals surface area (Å²) in [6, 6.07) is 0.531. The molecule has 1 saturated carbocycles. The molecule has 1 amide bonds. The van der Waals surface area contributed by atoms with Crippen LogP contribution in [0.4, 0.5) is 0 Å². The maximum atomic E-state index is 11.6. The van der Waals surface area contributed by atoms with Gasteiger partial charge >= 0.3 is 0 Å². The molecule has 1 aliphatic carbocycles. The Morgan fingerprint density at radius 3 is 2.44 bits per heavy atom. The lowest BCUT2D eigenvalue weighted by Crippen LogP contribution is -2.39. The molecule has 0 aromatic carbocycles. The Morgan fingerprint density at radius 1 is 1.28 bits per heavy atom. The number of aliphatic hydroxyl groups excluding tert-OH is 1. The summed E-state index contributed by atoms with van der Waals surface area (Å²) in [6.45, 7) is 2.13. The van der Waals surface area contributed by atoms with Crippen molar-refractivity contribution in [3.8, 4) is 0 Å². The van der Waals surface area contributed by atoms with Crippen LogP contribution in [0.25, 0.3) is 0 Å². The standard InChI is InChI=1S/C13H25N3O2/c1-14(2)7-11-3-5-12(6-4-11)15-8-13(18)16(9-15)10-17/h11-12,17H,3-10H2,1-2H3. The molecule has 18 heavy (non-hydrogen) atoms. The second-order valence-electron chi connectivity index (χ2n) is 5.90. The van der Waals surface area contributed by atoms with Gasteiger partial charge in [0.2, 0.25) is 5.91 Å². The first kappa shape index (κ1) is 13.8. The van der Waals surface area contributed by atoms with Crippen molar-refractivity contribution < 1.29 is 9.90 Å². The van der Waals surface area contributed by atoms with Gasteiger partial charge in [-0.05, 0) is 45.7 Å². The molecule has 104 valence electrons. The van der Waals surface area contributed by atoms with E-state index in [1.54, 1.807) is 0 Å². The Morgan fingerprint density at radius 2 is 1.94 bits per heavy atom. The fourth-order valence-electron chi connectivity index (χ4n) is 3.20. The van der Waals surface area contributed by atoms with E-state index in [1.807, 2.05) is 0 Å². The maximum absolute atomic E-state index is 11.6. The number of aliphatic hydroxyl groups is 1. The summed E-state index contributed by atoms with van der Waals surface area (Å²) < 4.78 is 0. The highest BCUT2D eigenvalue weighted by Crippen LogP contribution is 2.29. The van der Waals surface area contributed by atoms with Crippen molar-refractivity contribution in [3.63, 3.8) is 0 Å². The van der Waals surface area contributed by atoms with Gasteiger partial charge in [-0.3, -0.25) is 9.69 Å². The number of hydrogen-bond donors (Lipinski definition) is 1. The van der Waals surface area contributed by atoms with E-state index >= 15 is 0 Å². The molecule has 2 fully saturated rings. The number of rotatable bonds is 4. The molecule has 2 rings (SSSR count). The lowest BCUT2D eigenvalue weighted by Gasteiger charge is -2.34. The molecule has 0 aromatic rings. The van der Waals surface area contributed by atoms with Gasteiger partial charge in [0.1, 0.15) is 6.73 Å². The molecule has 0 radical (unpaired) electrons. The van der Waals surface area contributed by atoms with Gasteiger partial charge in [-0.15, -0.1) is 0 Å². The van der Waals surface area contributed by atoms with Gasteiger partial charge in [-0.2, -0.15) is 0 Å². The van der Waals surface area contributed by atoms with Gasteiger partial charge < -0.3 is 14.9 Å². The molecule has 0 atom stereocenters. The number of amides is 1. The van der Waals surface area contributed by atoms with Gasteiger partial charge in [-0.1, -0.05) is 0 Å². The third-order valence-corrected chi connectivity index (χ3v) is 4.17. The summed E-state index contributed by atoms with van der Waals surface area (Å²) in [5.41, 5.74) is 0. The normalized spacial score (nSPS) is 30.4. The van der Waals surface area contributed by atoms with E-state index < -0.39 is 0 Å². The average molecular weight is 255 g/mol. The Labute approximate surface area is 109 Å². The smallest absolute Gasteiger partial charge is 0.239 e. The second-order valence-corrected chi connectivity index (χ2v) is 5.90. The predicted octanol–water partition coefficient (Wildman–Crippen LogP) is 0.158. The molecule has 0 bridgehead atoms. The molecule has 0 aromatic heterocycles. The molecule has 1 aliphatic heterocycles. The molecular weight excluding hydrogens is 230 g/mol. The lowest BCUT2D eigenvalue weighted by molar-refractivity contribution is -0.129. The highest BCUT2D eigenvalue weighted by atomic mass is 16.3. The average Bonchev–Trinajstić information content (AvgIpc) is 2.71. The Balaban J connectivity index is 1.78. The van der Waals surface area contributed by atoms with E-state index in [1.165, 1.54) is 37.1 Å². The quantitative estimate of drug-likeness (QED) is 0.777. The topological polar surface area (TPSA) is 47.0 Å². The van der Waals surface area contributed by atoms with Gasteiger partial charge in [0, 0.05) is 12.6 Å². The summed E-state index contributed by atoms with van der Waals surface area (Å²) in [5.74, 6) is 0.872. The van der Waals surface area contributed by atoms with Crippen molar-refractivity contribution in [2.24, 2.45) is 5.92 Å². The first-order chi connectivity index (χ1) is 8.60. The Bertz CT molecular complexity index is 288. The Hall–Kier alpha value is -0.650. The number of nitrogens with zero attached hydrogens (tertiary/aromatic N) is 3. The van der Waals surface area contributed by atoms with Crippen molar-refractivity contribution in [1.82, 2.24) is 14.7 Å². The third kappa shape index (κ3) is 3.22. The van der Waals surface area contributed by atoms with Crippen LogP contribution in [0.3, 0.4) is 0 Å². The van der Waals surface area contributed by atoms with Crippen LogP contribution in [-0.2, 0) is 4.79 Å². The minimum Gasteiger partial charge on any atom is -0.376 e. The van der Waals surface area contributed by atoms with Crippen molar-refractivity contribution in [2.45, 2.75) is 31.7 Å². The zero-order valence-corrected chi connectivity index (χ0v) is 11.5. The summed E-state index contributed by atoms with van der Waals surface area (Å²) in [4.78, 5) is 17.6. The van der Waals surface area contributed by atoms with E-state index in [0.29, 0.717) is 19.3 Å². The van der Waals surface area contributed by atoms with Crippen molar-refractivity contribution in [3.05, 3.63) is 0 Å². The minimum atomic E-state index is -0.148. The van der Waals surface area contributed by atoms with Crippen LogP contribution in [0.15, 0.2) is 0 Å². The monoisotopic (exact) mass is 255 g/mol. The molecule has 1 N–H and O–H groups in total. The fraction of sp³-hybridized carbons (Fsp3) is 0.923. The van der Waals surface area contributed by atoms with E-state index in [-0.39, 0.29) is 12.6 Å². The first-order valence-corrected chi connectivity index (χ1v) is 6.87. The van der Waals surface area contributed by atoms with Crippen molar-refractivity contribution in [1.29, 1.82) is 0 Å². The summed E-state index contributed by atoms with van der Waals surface area (Å²) in [6.07, 6.45) is 4.88. The fourth-order valence-corrected chi connectivity index (χ4v) is 3.20. The minimum absolute atomic E-state index is 0.0629. The van der Waals surface area contributed by atoms with E-state index in [2.05, 4.69) is 23.9 Å². The van der Waals surface area contributed by atoms with Crippen LogP contribution in [0.1, 0.15) is 25.7 Å². The first-order valence-electron chi connectivity index (χ1n) is 6.87. The molecule has 0 spiro atoms. The second kappa shape index (κ2) is 5.99. The molecular formula is C13H25N3O2. The van der Waals surface area contributed by atoms with Gasteiger partial charge in [0.15, 0.2) is 0 Å². The molecule has 1 saturated heterocycles. The summed E-state index contributed by atoms with van der Waals surface area (Å²) >= 11 is 0. The summed E-state index contributed by atoms with van der Waals surface area (Å²) in [7, 11) is 4.26.